The number of thiazole rings is 1. The highest BCUT2D eigenvalue weighted by molar-refractivity contribution is 9.10. The Morgan fingerprint density at radius 1 is 1.45 bits per heavy atom. The van der Waals surface area contributed by atoms with Crippen molar-refractivity contribution in [3.8, 4) is 0 Å². The topological polar surface area (TPSA) is 92.9 Å². The first kappa shape index (κ1) is 14.9. The first-order valence-corrected chi connectivity index (χ1v) is 7.59. The van der Waals surface area contributed by atoms with Crippen LogP contribution in [0.5, 0.6) is 0 Å². The van der Waals surface area contributed by atoms with Gasteiger partial charge in [-0.2, -0.15) is 0 Å². The van der Waals surface area contributed by atoms with E-state index in [9.17, 15) is 4.79 Å². The second-order valence-corrected chi connectivity index (χ2v) is 6.07. The Morgan fingerprint density at radius 2 is 2.25 bits per heavy atom. The standard InChI is InChI=1S/C12H14BrN5OS/c1-2-8-5-15-10(20-8)6-17-12(19)9-3-7(13)4-16-11(9)18-14/h3-5H,2,6,14H2,1H3,(H,16,18)(H,17,19). The molecule has 0 aliphatic carbocycles. The summed E-state index contributed by atoms with van der Waals surface area (Å²) < 4.78 is 0.712. The van der Waals surface area contributed by atoms with Crippen LogP contribution in [0.4, 0.5) is 5.82 Å². The molecule has 0 fully saturated rings. The van der Waals surface area contributed by atoms with Gasteiger partial charge in [0, 0.05) is 21.7 Å². The highest BCUT2D eigenvalue weighted by atomic mass is 79.9. The lowest BCUT2D eigenvalue weighted by atomic mass is 10.2. The second-order valence-electron chi connectivity index (χ2n) is 3.95. The number of hydrazine groups is 1. The van der Waals surface area contributed by atoms with Crippen LogP contribution >= 0.6 is 27.3 Å². The molecule has 0 saturated heterocycles. The number of amides is 1. The lowest BCUT2D eigenvalue weighted by molar-refractivity contribution is 0.0951. The number of nitrogens with two attached hydrogens (primary N) is 1. The van der Waals surface area contributed by atoms with Gasteiger partial charge in [0.15, 0.2) is 5.82 Å². The van der Waals surface area contributed by atoms with Gasteiger partial charge >= 0.3 is 0 Å². The number of aryl methyl sites for hydroxylation is 1. The predicted molar refractivity (Wildman–Crippen MR) is 82.4 cm³/mol. The molecule has 2 heterocycles. The van der Waals surface area contributed by atoms with Gasteiger partial charge in [-0.3, -0.25) is 4.79 Å². The van der Waals surface area contributed by atoms with Crippen molar-refractivity contribution in [1.82, 2.24) is 15.3 Å². The molecule has 20 heavy (non-hydrogen) atoms. The van der Waals surface area contributed by atoms with Crippen molar-refractivity contribution in [1.29, 1.82) is 0 Å². The molecule has 0 radical (unpaired) electrons. The SMILES string of the molecule is CCc1cnc(CNC(=O)c2cc(Br)cnc2NN)s1. The number of aromatic nitrogens is 2. The number of nitrogens with zero attached hydrogens (tertiary/aromatic N) is 2. The molecular weight excluding hydrogens is 342 g/mol. The number of carbonyl (C=O) groups excluding carboxylic acids is 1. The van der Waals surface area contributed by atoms with E-state index in [1.807, 2.05) is 6.20 Å². The minimum atomic E-state index is -0.250. The molecule has 0 aromatic carbocycles. The second kappa shape index (κ2) is 6.78. The van der Waals surface area contributed by atoms with Gasteiger partial charge in [-0.1, -0.05) is 6.92 Å². The molecule has 0 saturated carbocycles. The largest absolute Gasteiger partial charge is 0.345 e. The fraction of sp³-hybridized carbons (Fsp3) is 0.250. The van der Waals surface area contributed by atoms with Crippen molar-refractivity contribution in [2.75, 3.05) is 5.43 Å². The summed E-state index contributed by atoms with van der Waals surface area (Å²) in [6.07, 6.45) is 4.35. The number of rotatable bonds is 5. The average molecular weight is 356 g/mol. The molecule has 0 bridgehead atoms. The zero-order valence-electron chi connectivity index (χ0n) is 10.8. The minimum absolute atomic E-state index is 0.250. The van der Waals surface area contributed by atoms with Crippen molar-refractivity contribution >= 4 is 39.0 Å². The highest BCUT2D eigenvalue weighted by Gasteiger charge is 2.13. The van der Waals surface area contributed by atoms with Crippen LogP contribution in [0.15, 0.2) is 22.9 Å². The van der Waals surface area contributed by atoms with Crippen molar-refractivity contribution < 1.29 is 4.79 Å². The van der Waals surface area contributed by atoms with E-state index < -0.39 is 0 Å². The first-order valence-electron chi connectivity index (χ1n) is 5.98. The Kier molecular flexibility index (Phi) is 5.05. The molecule has 0 unspecified atom stereocenters. The van der Waals surface area contributed by atoms with E-state index >= 15 is 0 Å². The smallest absolute Gasteiger partial charge is 0.255 e. The van der Waals surface area contributed by atoms with E-state index in [1.54, 1.807) is 23.6 Å². The Morgan fingerprint density at radius 3 is 2.90 bits per heavy atom. The van der Waals surface area contributed by atoms with Gasteiger partial charge in [-0.15, -0.1) is 11.3 Å². The van der Waals surface area contributed by atoms with Crippen LogP contribution in [-0.2, 0) is 13.0 Å². The molecule has 2 aromatic heterocycles. The van der Waals surface area contributed by atoms with E-state index in [-0.39, 0.29) is 5.91 Å². The third-order valence-electron chi connectivity index (χ3n) is 2.59. The van der Waals surface area contributed by atoms with E-state index in [4.69, 9.17) is 5.84 Å². The summed E-state index contributed by atoms with van der Waals surface area (Å²) in [5.41, 5.74) is 2.79. The average Bonchev–Trinajstić information content (AvgIpc) is 2.92. The summed E-state index contributed by atoms with van der Waals surface area (Å²) in [7, 11) is 0. The van der Waals surface area contributed by atoms with Crippen molar-refractivity contribution in [3.05, 3.63) is 38.4 Å². The quantitative estimate of drug-likeness (QED) is 0.563. The predicted octanol–water partition coefficient (Wildman–Crippen LogP) is 2.08. The number of hydrogen-bond acceptors (Lipinski definition) is 6. The van der Waals surface area contributed by atoms with Gasteiger partial charge in [0.25, 0.3) is 5.91 Å². The normalized spacial score (nSPS) is 10.3. The molecule has 8 heteroatoms. The van der Waals surface area contributed by atoms with Crippen molar-refractivity contribution in [2.45, 2.75) is 19.9 Å². The number of halogens is 1. The maximum Gasteiger partial charge on any atom is 0.255 e. The fourth-order valence-corrected chi connectivity index (χ4v) is 2.71. The Balaban J connectivity index is 2.06. The lowest BCUT2D eigenvalue weighted by Gasteiger charge is -2.08. The summed E-state index contributed by atoms with van der Waals surface area (Å²) in [6.45, 7) is 2.46. The molecule has 1 amide bonds. The van der Waals surface area contributed by atoms with Crippen molar-refractivity contribution in [3.63, 3.8) is 0 Å². The van der Waals surface area contributed by atoms with Gasteiger partial charge in [0.1, 0.15) is 5.01 Å². The molecular formula is C12H14BrN5OS. The molecule has 2 rings (SSSR count). The molecule has 106 valence electrons. The number of hydrogen-bond donors (Lipinski definition) is 3. The van der Waals surface area contributed by atoms with Gasteiger partial charge in [0.2, 0.25) is 0 Å². The summed E-state index contributed by atoms with van der Waals surface area (Å²) in [5.74, 6) is 5.43. The Labute approximate surface area is 128 Å². The zero-order chi connectivity index (χ0) is 14.5. The third kappa shape index (κ3) is 3.53. The molecule has 6 nitrogen and oxygen atoms in total. The molecule has 0 atom stereocenters. The maximum atomic E-state index is 12.1. The van der Waals surface area contributed by atoms with Gasteiger partial charge in [0.05, 0.1) is 12.1 Å². The molecule has 0 aliphatic heterocycles. The lowest BCUT2D eigenvalue weighted by Crippen LogP contribution is -2.25. The first-order chi connectivity index (χ1) is 9.63. The Bertz CT molecular complexity index is 616. The maximum absolute atomic E-state index is 12.1. The zero-order valence-corrected chi connectivity index (χ0v) is 13.2. The summed E-state index contributed by atoms with van der Waals surface area (Å²) in [5, 5.41) is 3.68. The number of anilines is 1. The van der Waals surface area contributed by atoms with Gasteiger partial charge in [-0.25, -0.2) is 15.8 Å². The van der Waals surface area contributed by atoms with Gasteiger partial charge in [-0.05, 0) is 28.4 Å². The van der Waals surface area contributed by atoms with Crippen LogP contribution in [0.1, 0.15) is 27.2 Å². The van der Waals surface area contributed by atoms with Crippen molar-refractivity contribution in [2.24, 2.45) is 5.84 Å². The van der Waals surface area contributed by atoms with E-state index in [2.05, 4.69) is 43.6 Å². The monoisotopic (exact) mass is 355 g/mol. The van der Waals surface area contributed by atoms with E-state index in [1.165, 1.54) is 4.88 Å². The number of nitrogen functional groups attached to an aromatic ring is 1. The molecule has 2 aromatic rings. The van der Waals surface area contributed by atoms with Crippen LogP contribution in [0.2, 0.25) is 0 Å². The Hall–Kier alpha value is -1.51. The molecule has 0 spiro atoms. The van der Waals surface area contributed by atoms with Crippen LogP contribution in [0, 0.1) is 0 Å². The number of carbonyl (C=O) groups is 1. The van der Waals surface area contributed by atoms with E-state index in [0.717, 1.165) is 11.4 Å². The minimum Gasteiger partial charge on any atom is -0.345 e. The summed E-state index contributed by atoms with van der Waals surface area (Å²) in [6, 6.07) is 1.66. The number of pyridine rings is 1. The third-order valence-corrected chi connectivity index (χ3v) is 4.16. The highest BCUT2D eigenvalue weighted by Crippen LogP contribution is 2.18. The van der Waals surface area contributed by atoms with E-state index in [0.29, 0.717) is 22.4 Å². The fourth-order valence-electron chi connectivity index (χ4n) is 1.57. The summed E-state index contributed by atoms with van der Waals surface area (Å²) >= 11 is 4.87. The molecule has 0 aliphatic rings. The van der Waals surface area contributed by atoms with Crippen LogP contribution in [0.3, 0.4) is 0 Å². The van der Waals surface area contributed by atoms with Crippen LogP contribution in [-0.4, -0.2) is 15.9 Å². The van der Waals surface area contributed by atoms with Gasteiger partial charge < -0.3 is 10.7 Å². The van der Waals surface area contributed by atoms with Crippen LogP contribution < -0.4 is 16.6 Å². The number of nitrogens with one attached hydrogen (secondary N) is 2. The summed E-state index contributed by atoms with van der Waals surface area (Å²) in [4.78, 5) is 21.6. The van der Waals surface area contributed by atoms with Crippen LogP contribution in [0.25, 0.3) is 0 Å². The molecule has 4 N–H and O–H groups in total.